The molecule has 2 aromatic rings. The van der Waals surface area contributed by atoms with E-state index in [-0.39, 0.29) is 11.3 Å². The van der Waals surface area contributed by atoms with Crippen LogP contribution in [0.15, 0.2) is 11.1 Å². The molecule has 0 fully saturated rings. The predicted molar refractivity (Wildman–Crippen MR) is 44.5 cm³/mol. The SMILES string of the molecule is [B]c1nc2nc[nH]c(=O)c2n1C. The van der Waals surface area contributed by atoms with Crippen molar-refractivity contribution in [1.82, 2.24) is 19.5 Å². The number of aromatic amines is 1. The fourth-order valence-electron chi connectivity index (χ4n) is 1.07. The van der Waals surface area contributed by atoms with Crippen LogP contribution < -0.4 is 11.3 Å². The zero-order valence-electron chi connectivity index (χ0n) is 6.40. The lowest BCUT2D eigenvalue weighted by Crippen LogP contribution is -2.18. The van der Waals surface area contributed by atoms with E-state index in [9.17, 15) is 4.79 Å². The number of imidazole rings is 1. The maximum absolute atomic E-state index is 11.2. The Morgan fingerprint density at radius 1 is 1.67 bits per heavy atom. The van der Waals surface area contributed by atoms with Crippen LogP contribution in [0.5, 0.6) is 0 Å². The first-order chi connectivity index (χ1) is 5.70. The van der Waals surface area contributed by atoms with Crippen molar-refractivity contribution in [3.63, 3.8) is 0 Å². The van der Waals surface area contributed by atoms with Crippen LogP contribution in [0, 0.1) is 0 Å². The summed E-state index contributed by atoms with van der Waals surface area (Å²) >= 11 is 0. The third kappa shape index (κ3) is 0.776. The molecule has 0 aliphatic heterocycles. The zero-order chi connectivity index (χ0) is 8.72. The molecule has 5 nitrogen and oxygen atoms in total. The number of nitrogens with one attached hydrogen (secondary N) is 1. The Hall–Kier alpha value is -1.59. The highest BCUT2D eigenvalue weighted by molar-refractivity contribution is 6.30. The first-order valence-corrected chi connectivity index (χ1v) is 3.35. The molecule has 0 aromatic carbocycles. The summed E-state index contributed by atoms with van der Waals surface area (Å²) in [5.74, 6) is 0. The van der Waals surface area contributed by atoms with Crippen LogP contribution >= 0.6 is 0 Å². The minimum Gasteiger partial charge on any atom is -0.335 e. The van der Waals surface area contributed by atoms with Crippen LogP contribution in [-0.2, 0) is 7.05 Å². The summed E-state index contributed by atoms with van der Waals surface area (Å²) in [4.78, 5) is 21.4. The van der Waals surface area contributed by atoms with Crippen LogP contribution in [0.1, 0.15) is 0 Å². The molecule has 12 heavy (non-hydrogen) atoms. The number of aromatic nitrogens is 4. The van der Waals surface area contributed by atoms with E-state index in [0.29, 0.717) is 11.2 Å². The Labute approximate surface area is 68.9 Å². The molecule has 0 saturated heterocycles. The van der Waals surface area contributed by atoms with Gasteiger partial charge in [0, 0.05) is 7.05 Å². The van der Waals surface area contributed by atoms with Gasteiger partial charge in [-0.25, -0.2) is 9.97 Å². The van der Waals surface area contributed by atoms with Gasteiger partial charge in [0.15, 0.2) is 19.0 Å². The van der Waals surface area contributed by atoms with Crippen LogP contribution in [0.2, 0.25) is 0 Å². The lowest BCUT2D eigenvalue weighted by atomic mass is 10.1. The standard InChI is InChI=1S/C6H5BN4O/c1-11-3-4(10-6(11)7)8-2-9-5(3)12/h2H,1H3,(H,8,9,12). The number of nitrogens with zero attached hydrogens (tertiary/aromatic N) is 3. The number of H-pyrrole nitrogens is 1. The first kappa shape index (κ1) is 7.09. The quantitative estimate of drug-likeness (QED) is 0.474. The summed E-state index contributed by atoms with van der Waals surface area (Å²) in [7, 11) is 7.15. The lowest BCUT2D eigenvalue weighted by molar-refractivity contribution is 0.975. The second-order valence-electron chi connectivity index (χ2n) is 2.43. The van der Waals surface area contributed by atoms with E-state index in [1.165, 1.54) is 10.9 Å². The van der Waals surface area contributed by atoms with Gasteiger partial charge in [-0.15, -0.1) is 0 Å². The van der Waals surface area contributed by atoms with E-state index in [2.05, 4.69) is 15.0 Å². The Kier molecular flexibility index (Phi) is 1.30. The molecule has 1 N–H and O–H groups in total. The van der Waals surface area contributed by atoms with Crippen molar-refractivity contribution >= 4 is 24.7 Å². The number of aryl methyl sites for hydroxylation is 1. The third-order valence-electron chi connectivity index (χ3n) is 1.71. The summed E-state index contributed by atoms with van der Waals surface area (Å²) < 4.78 is 1.50. The molecule has 2 heterocycles. The van der Waals surface area contributed by atoms with E-state index in [0.717, 1.165) is 0 Å². The molecule has 0 amide bonds. The van der Waals surface area contributed by atoms with E-state index < -0.39 is 0 Å². The first-order valence-electron chi connectivity index (χ1n) is 3.35. The monoisotopic (exact) mass is 160 g/mol. The summed E-state index contributed by atoms with van der Waals surface area (Å²) in [6, 6.07) is 0. The maximum Gasteiger partial charge on any atom is 0.276 e. The number of fused-ring (bicyclic) bond motifs is 1. The van der Waals surface area contributed by atoms with Gasteiger partial charge in [0.25, 0.3) is 5.56 Å². The van der Waals surface area contributed by atoms with Gasteiger partial charge in [0.05, 0.1) is 12.1 Å². The smallest absolute Gasteiger partial charge is 0.276 e. The molecule has 0 aliphatic carbocycles. The Morgan fingerprint density at radius 2 is 2.42 bits per heavy atom. The minimum absolute atomic E-state index is 0.230. The van der Waals surface area contributed by atoms with Gasteiger partial charge in [-0.05, 0) is 0 Å². The molecule has 6 heteroatoms. The normalized spacial score (nSPS) is 10.8. The number of hydrogen-bond acceptors (Lipinski definition) is 3. The van der Waals surface area contributed by atoms with Gasteiger partial charge < -0.3 is 9.55 Å². The maximum atomic E-state index is 11.2. The largest absolute Gasteiger partial charge is 0.335 e. The van der Waals surface area contributed by atoms with Gasteiger partial charge in [0.1, 0.15) is 0 Å². The molecular weight excluding hydrogens is 155 g/mol. The molecule has 2 aromatic heterocycles. The molecule has 2 rings (SSSR count). The van der Waals surface area contributed by atoms with Gasteiger partial charge in [0.2, 0.25) is 0 Å². The predicted octanol–water partition coefficient (Wildman–Crippen LogP) is -1.55. The van der Waals surface area contributed by atoms with Crippen LogP contribution in [0.4, 0.5) is 0 Å². The Morgan fingerprint density at radius 3 is 3.08 bits per heavy atom. The molecule has 0 unspecified atom stereocenters. The molecule has 0 atom stereocenters. The van der Waals surface area contributed by atoms with Gasteiger partial charge in [-0.2, -0.15) is 0 Å². The van der Waals surface area contributed by atoms with E-state index >= 15 is 0 Å². The molecule has 0 aliphatic rings. The zero-order valence-corrected chi connectivity index (χ0v) is 6.40. The van der Waals surface area contributed by atoms with Gasteiger partial charge >= 0.3 is 0 Å². The third-order valence-corrected chi connectivity index (χ3v) is 1.71. The lowest BCUT2D eigenvalue weighted by Gasteiger charge is -1.93. The van der Waals surface area contributed by atoms with Gasteiger partial charge in [-0.1, -0.05) is 0 Å². The van der Waals surface area contributed by atoms with Crippen LogP contribution in [0.3, 0.4) is 0 Å². The van der Waals surface area contributed by atoms with Crippen molar-refractivity contribution in [3.05, 3.63) is 16.7 Å². The summed E-state index contributed by atoms with van der Waals surface area (Å²) in [6.45, 7) is 0. The minimum atomic E-state index is -0.230. The van der Waals surface area contributed by atoms with Crippen LogP contribution in [-0.4, -0.2) is 27.4 Å². The Balaban J connectivity index is 3.07. The van der Waals surface area contributed by atoms with Crippen molar-refractivity contribution in [2.24, 2.45) is 7.05 Å². The van der Waals surface area contributed by atoms with Crippen LogP contribution in [0.25, 0.3) is 11.2 Å². The fraction of sp³-hybridized carbons (Fsp3) is 0.167. The Bertz CT molecular complexity index is 486. The topological polar surface area (TPSA) is 63.6 Å². The van der Waals surface area contributed by atoms with Crippen molar-refractivity contribution < 1.29 is 0 Å². The molecular formula is C6H5BN4O. The van der Waals surface area contributed by atoms with Gasteiger partial charge in [-0.3, -0.25) is 4.79 Å². The average molecular weight is 160 g/mol. The van der Waals surface area contributed by atoms with E-state index in [4.69, 9.17) is 7.85 Å². The molecule has 2 radical (unpaired) electrons. The number of rotatable bonds is 0. The molecule has 0 bridgehead atoms. The molecule has 0 spiro atoms. The average Bonchev–Trinajstić information content (AvgIpc) is 2.29. The second kappa shape index (κ2) is 2.20. The van der Waals surface area contributed by atoms with Crippen molar-refractivity contribution in [2.45, 2.75) is 0 Å². The van der Waals surface area contributed by atoms with E-state index in [1.807, 2.05) is 0 Å². The van der Waals surface area contributed by atoms with Crippen molar-refractivity contribution in [3.8, 4) is 0 Å². The summed E-state index contributed by atoms with van der Waals surface area (Å²) in [6.07, 6.45) is 1.30. The summed E-state index contributed by atoms with van der Waals surface area (Å²) in [5.41, 5.74) is 0.828. The summed E-state index contributed by atoms with van der Waals surface area (Å²) in [5, 5.41) is 0. The highest BCUT2D eigenvalue weighted by atomic mass is 16.1. The highest BCUT2D eigenvalue weighted by Crippen LogP contribution is 1.97. The fourth-order valence-corrected chi connectivity index (χ4v) is 1.07. The molecule has 58 valence electrons. The van der Waals surface area contributed by atoms with Crippen molar-refractivity contribution in [2.75, 3.05) is 0 Å². The van der Waals surface area contributed by atoms with Crippen molar-refractivity contribution in [1.29, 1.82) is 0 Å². The molecule has 0 saturated carbocycles. The highest BCUT2D eigenvalue weighted by Gasteiger charge is 2.06. The second-order valence-corrected chi connectivity index (χ2v) is 2.43. The number of hydrogen-bond donors (Lipinski definition) is 1. The van der Waals surface area contributed by atoms with E-state index in [1.54, 1.807) is 7.05 Å².